The highest BCUT2D eigenvalue weighted by Crippen LogP contribution is 2.32. The molecule has 6 nitrogen and oxygen atoms in total. The van der Waals surface area contributed by atoms with Crippen molar-refractivity contribution in [2.45, 2.75) is 19.3 Å². The first-order valence-corrected chi connectivity index (χ1v) is 9.83. The van der Waals surface area contributed by atoms with Crippen LogP contribution in [0.25, 0.3) is 11.0 Å². The van der Waals surface area contributed by atoms with Crippen molar-refractivity contribution in [1.29, 1.82) is 0 Å². The number of aromatic nitrogens is 4. The first kappa shape index (κ1) is 19.2. The van der Waals surface area contributed by atoms with Crippen LogP contribution in [0.4, 0.5) is 11.5 Å². The molecular weight excluding hydrogens is 386 g/mol. The summed E-state index contributed by atoms with van der Waals surface area (Å²) in [5.41, 5.74) is 3.66. The molecule has 0 spiro atoms. The van der Waals surface area contributed by atoms with Crippen molar-refractivity contribution in [3.8, 4) is 5.75 Å². The maximum absolute atomic E-state index is 6.16. The molecule has 29 heavy (non-hydrogen) atoms. The Labute approximate surface area is 174 Å². The zero-order chi connectivity index (χ0) is 20.4. The average molecular weight is 408 g/mol. The zero-order valence-electron chi connectivity index (χ0n) is 16.6. The number of hydrogen-bond acceptors (Lipinski definition) is 5. The van der Waals surface area contributed by atoms with Crippen molar-refractivity contribution in [2.24, 2.45) is 7.05 Å². The molecule has 1 N–H and O–H groups in total. The van der Waals surface area contributed by atoms with Gasteiger partial charge in [0.05, 0.1) is 18.3 Å². The summed E-state index contributed by atoms with van der Waals surface area (Å²) in [6.07, 6.45) is 2.66. The molecule has 0 saturated carbocycles. The van der Waals surface area contributed by atoms with Crippen molar-refractivity contribution < 1.29 is 4.74 Å². The first-order valence-electron chi connectivity index (χ1n) is 9.45. The summed E-state index contributed by atoms with van der Waals surface area (Å²) in [6.45, 7) is 2.14. The Bertz CT molecular complexity index is 1140. The van der Waals surface area contributed by atoms with E-state index in [2.05, 4.69) is 29.5 Å². The lowest BCUT2D eigenvalue weighted by Crippen LogP contribution is -2.09. The van der Waals surface area contributed by atoms with E-state index in [1.165, 1.54) is 5.56 Å². The van der Waals surface area contributed by atoms with Crippen LogP contribution in [-0.2, 0) is 7.05 Å². The molecule has 1 unspecified atom stereocenters. The molecule has 0 radical (unpaired) electrons. The lowest BCUT2D eigenvalue weighted by atomic mass is 9.95. The van der Waals surface area contributed by atoms with Gasteiger partial charge in [-0.25, -0.2) is 9.97 Å². The highest BCUT2D eigenvalue weighted by Gasteiger charge is 2.20. The van der Waals surface area contributed by atoms with Gasteiger partial charge in [-0.2, -0.15) is 5.10 Å². The minimum atomic E-state index is 0.0983. The SMILES string of the molecule is CCC(c1ccccc1)c1nc(Nc2ccc(Cl)c(OC)c2)c2c(cnn2C)n1. The second-order valence-electron chi connectivity index (χ2n) is 6.78. The predicted octanol–water partition coefficient (Wildman–Crippen LogP) is 5.31. The van der Waals surface area contributed by atoms with Crippen LogP contribution in [0.2, 0.25) is 5.02 Å². The van der Waals surface area contributed by atoms with Gasteiger partial charge in [-0.05, 0) is 24.1 Å². The largest absolute Gasteiger partial charge is 0.495 e. The van der Waals surface area contributed by atoms with E-state index >= 15 is 0 Å². The fraction of sp³-hybridized carbons (Fsp3) is 0.227. The number of halogens is 1. The Balaban J connectivity index is 1.81. The Morgan fingerprint density at radius 2 is 1.93 bits per heavy atom. The summed E-state index contributed by atoms with van der Waals surface area (Å²) >= 11 is 6.16. The number of aryl methyl sites for hydroxylation is 1. The molecule has 0 bridgehead atoms. The van der Waals surface area contributed by atoms with Gasteiger partial charge in [-0.1, -0.05) is 48.9 Å². The smallest absolute Gasteiger partial charge is 0.160 e. The van der Waals surface area contributed by atoms with Gasteiger partial charge in [0.1, 0.15) is 22.6 Å². The van der Waals surface area contributed by atoms with E-state index in [9.17, 15) is 0 Å². The van der Waals surface area contributed by atoms with E-state index in [4.69, 9.17) is 26.3 Å². The summed E-state index contributed by atoms with van der Waals surface area (Å²) in [7, 11) is 3.48. The summed E-state index contributed by atoms with van der Waals surface area (Å²) < 4.78 is 7.11. The average Bonchev–Trinajstić information content (AvgIpc) is 3.12. The number of ether oxygens (including phenoxy) is 1. The van der Waals surface area contributed by atoms with Crippen molar-refractivity contribution in [3.05, 3.63) is 71.1 Å². The van der Waals surface area contributed by atoms with Gasteiger partial charge < -0.3 is 10.1 Å². The fourth-order valence-electron chi connectivity index (χ4n) is 3.47. The molecule has 0 fully saturated rings. The molecular formula is C22H22ClN5O. The molecule has 0 aliphatic heterocycles. The molecule has 7 heteroatoms. The van der Waals surface area contributed by atoms with Gasteiger partial charge in [0, 0.05) is 24.7 Å². The van der Waals surface area contributed by atoms with Crippen molar-refractivity contribution in [1.82, 2.24) is 19.7 Å². The van der Waals surface area contributed by atoms with Crippen LogP contribution in [0.1, 0.15) is 30.7 Å². The second kappa shape index (κ2) is 8.09. The molecule has 0 amide bonds. The summed E-state index contributed by atoms with van der Waals surface area (Å²) in [4.78, 5) is 9.71. The minimum Gasteiger partial charge on any atom is -0.495 e. The van der Waals surface area contributed by atoms with E-state index in [0.29, 0.717) is 16.6 Å². The first-order chi connectivity index (χ1) is 14.1. The van der Waals surface area contributed by atoms with E-state index in [0.717, 1.165) is 29.0 Å². The standard InChI is InChI=1S/C22H22ClN5O/c1-4-16(14-8-6-5-7-9-14)21-26-18-13-24-28(2)20(18)22(27-21)25-15-10-11-17(23)19(12-15)29-3/h5-13,16H,4H2,1-3H3,(H,25,26,27). The number of benzene rings is 2. The van der Waals surface area contributed by atoms with Crippen molar-refractivity contribution >= 4 is 34.1 Å². The van der Waals surface area contributed by atoms with E-state index in [1.54, 1.807) is 24.1 Å². The van der Waals surface area contributed by atoms with Crippen LogP contribution >= 0.6 is 11.6 Å². The molecule has 0 aliphatic carbocycles. The maximum atomic E-state index is 6.16. The number of rotatable bonds is 6. The maximum Gasteiger partial charge on any atom is 0.160 e. The van der Waals surface area contributed by atoms with E-state index < -0.39 is 0 Å². The zero-order valence-corrected chi connectivity index (χ0v) is 17.3. The van der Waals surface area contributed by atoms with Crippen molar-refractivity contribution in [2.75, 3.05) is 12.4 Å². The van der Waals surface area contributed by atoms with Crippen LogP contribution in [0.3, 0.4) is 0 Å². The Kier molecular flexibility index (Phi) is 5.36. The molecule has 2 heterocycles. The highest BCUT2D eigenvalue weighted by atomic mass is 35.5. The Hall–Kier alpha value is -3.12. The molecule has 4 rings (SSSR count). The monoisotopic (exact) mass is 407 g/mol. The molecule has 148 valence electrons. The van der Waals surface area contributed by atoms with Gasteiger partial charge in [-0.15, -0.1) is 0 Å². The van der Waals surface area contributed by atoms with Gasteiger partial charge >= 0.3 is 0 Å². The van der Waals surface area contributed by atoms with Crippen LogP contribution in [0.5, 0.6) is 5.75 Å². The van der Waals surface area contributed by atoms with Gasteiger partial charge in [-0.3, -0.25) is 4.68 Å². The summed E-state index contributed by atoms with van der Waals surface area (Å²) in [6, 6.07) is 15.9. The van der Waals surface area contributed by atoms with Crippen LogP contribution in [-0.4, -0.2) is 26.9 Å². The third kappa shape index (κ3) is 3.76. The number of anilines is 2. The van der Waals surface area contributed by atoms with Crippen molar-refractivity contribution in [3.63, 3.8) is 0 Å². The highest BCUT2D eigenvalue weighted by molar-refractivity contribution is 6.32. The quantitative estimate of drug-likeness (QED) is 0.469. The molecule has 0 aliphatic rings. The number of nitrogens with zero attached hydrogens (tertiary/aromatic N) is 4. The number of nitrogens with one attached hydrogen (secondary N) is 1. The molecule has 1 atom stereocenters. The van der Waals surface area contributed by atoms with Crippen LogP contribution in [0.15, 0.2) is 54.7 Å². The van der Waals surface area contributed by atoms with Gasteiger partial charge in [0.25, 0.3) is 0 Å². The van der Waals surface area contributed by atoms with Gasteiger partial charge in [0.15, 0.2) is 5.82 Å². The fourth-order valence-corrected chi connectivity index (χ4v) is 3.66. The van der Waals surface area contributed by atoms with E-state index in [-0.39, 0.29) is 5.92 Å². The second-order valence-corrected chi connectivity index (χ2v) is 7.19. The third-order valence-corrected chi connectivity index (χ3v) is 5.25. The lowest BCUT2D eigenvalue weighted by Gasteiger charge is -2.16. The Morgan fingerprint density at radius 3 is 2.66 bits per heavy atom. The molecule has 4 aromatic rings. The minimum absolute atomic E-state index is 0.0983. The molecule has 0 saturated heterocycles. The van der Waals surface area contributed by atoms with E-state index in [1.807, 2.05) is 37.4 Å². The lowest BCUT2D eigenvalue weighted by molar-refractivity contribution is 0.415. The molecule has 2 aromatic heterocycles. The normalized spacial score (nSPS) is 12.1. The Morgan fingerprint density at radius 1 is 1.14 bits per heavy atom. The van der Waals surface area contributed by atoms with Crippen LogP contribution < -0.4 is 10.1 Å². The van der Waals surface area contributed by atoms with Crippen LogP contribution in [0, 0.1) is 0 Å². The number of fused-ring (bicyclic) bond motifs is 1. The number of methoxy groups -OCH3 is 1. The third-order valence-electron chi connectivity index (χ3n) is 4.94. The topological polar surface area (TPSA) is 64.9 Å². The summed E-state index contributed by atoms with van der Waals surface area (Å²) in [5.74, 6) is 2.16. The predicted molar refractivity (Wildman–Crippen MR) is 116 cm³/mol. The summed E-state index contributed by atoms with van der Waals surface area (Å²) in [5, 5.41) is 8.33. The molecule has 2 aromatic carbocycles. The number of hydrogen-bond donors (Lipinski definition) is 1. The van der Waals surface area contributed by atoms with Gasteiger partial charge in [0.2, 0.25) is 0 Å².